The Balaban J connectivity index is 0.000000276. The summed E-state index contributed by atoms with van der Waals surface area (Å²) in [5.41, 5.74) is 3.87. The van der Waals surface area contributed by atoms with Gasteiger partial charge in [0.1, 0.15) is 5.75 Å². The second-order valence-electron chi connectivity index (χ2n) is 16.8. The van der Waals surface area contributed by atoms with Crippen molar-refractivity contribution >= 4 is 18.7 Å². The van der Waals surface area contributed by atoms with E-state index in [0.717, 1.165) is 71.2 Å². The lowest BCUT2D eigenvalue weighted by Crippen LogP contribution is -2.46. The highest BCUT2D eigenvalue weighted by Crippen LogP contribution is 2.61. The molecule has 0 bridgehead atoms. The number of aryl methyl sites for hydroxylation is 1. The monoisotopic (exact) mass is 733 g/mol. The third-order valence-electron chi connectivity index (χ3n) is 12.6. The number of fused-ring (bicyclic) bond motifs is 5. The van der Waals surface area contributed by atoms with Crippen molar-refractivity contribution < 1.29 is 41.3 Å². The van der Waals surface area contributed by atoms with Crippen LogP contribution in [0.25, 0.3) is 0 Å². The number of ether oxygens (including phenoxy) is 2. The van der Waals surface area contributed by atoms with Crippen LogP contribution in [0.5, 0.6) is 5.75 Å². The largest absolute Gasteiger partial charge is 0.453 e. The third kappa shape index (κ3) is 9.88. The Morgan fingerprint density at radius 2 is 1.64 bits per heavy atom. The number of rotatable bonds is 4. The molecule has 1 spiro atoms. The summed E-state index contributed by atoms with van der Waals surface area (Å²) in [5, 5.41) is 10.6. The number of piperidine rings is 1. The fraction of sp³-hybridized carbons (Fsp3) is 0.821. The van der Waals surface area contributed by atoms with E-state index in [1.165, 1.54) is 36.8 Å². The molecule has 1 aromatic rings. The van der Waals surface area contributed by atoms with Crippen LogP contribution in [0.3, 0.4) is 0 Å². The van der Waals surface area contributed by atoms with Gasteiger partial charge in [0, 0.05) is 32.7 Å². The highest BCUT2D eigenvalue weighted by molar-refractivity contribution is 7.80. The molecule has 5 unspecified atom stereocenters. The van der Waals surface area contributed by atoms with E-state index in [1.807, 2.05) is 11.0 Å². The Kier molecular flexibility index (Phi) is 13.7. The molecule has 11 heteroatoms. The van der Waals surface area contributed by atoms with Crippen LogP contribution in [0.15, 0.2) is 18.2 Å². The molecular formula is C39H60F5NO4S. The summed E-state index contributed by atoms with van der Waals surface area (Å²) < 4.78 is 69.5. The van der Waals surface area contributed by atoms with Gasteiger partial charge < -0.3 is 19.5 Å². The molecular weight excluding hydrogens is 673 g/mol. The number of halogens is 5. The molecule has 0 radical (unpaired) electrons. The Morgan fingerprint density at radius 1 is 1.00 bits per heavy atom. The van der Waals surface area contributed by atoms with E-state index in [0.29, 0.717) is 34.3 Å². The Hall–Kier alpha value is -1.59. The van der Waals surface area contributed by atoms with Crippen LogP contribution < -0.4 is 4.74 Å². The number of thiol groups is 1. The molecule has 2 aliphatic heterocycles. The molecule has 0 aromatic heterocycles. The summed E-state index contributed by atoms with van der Waals surface area (Å²) >= 11 is 3.53. The highest BCUT2D eigenvalue weighted by atomic mass is 32.1. The third-order valence-corrected chi connectivity index (χ3v) is 12.9. The molecule has 1 N–H and O–H groups in total. The van der Waals surface area contributed by atoms with Gasteiger partial charge in [-0.3, -0.25) is 0 Å². The summed E-state index contributed by atoms with van der Waals surface area (Å²) in [6.07, 6.45) is 5.18. The van der Waals surface area contributed by atoms with Gasteiger partial charge in [-0.15, -0.1) is 0 Å². The maximum absolute atomic E-state index is 12.9. The normalized spacial score (nSPS) is 29.0. The second-order valence-corrected chi connectivity index (χ2v) is 17.3. The van der Waals surface area contributed by atoms with Gasteiger partial charge in [-0.05, 0) is 134 Å². The smallest absolute Gasteiger partial charge is 0.410 e. The quantitative estimate of drug-likeness (QED) is 0.239. The zero-order chi connectivity index (χ0) is 37.0. The molecule has 1 aromatic carbocycles. The van der Waals surface area contributed by atoms with Gasteiger partial charge in [0.25, 0.3) is 0 Å². The van der Waals surface area contributed by atoms with Crippen LogP contribution in [0.4, 0.5) is 26.7 Å². The molecule has 5 aliphatic rings. The van der Waals surface area contributed by atoms with E-state index in [2.05, 4.69) is 59.4 Å². The zero-order valence-electron chi connectivity index (χ0n) is 30.7. The summed E-state index contributed by atoms with van der Waals surface area (Å²) in [5.74, 6) is -1.90. The molecule has 2 saturated heterocycles. The number of benzene rings is 1. The Bertz CT molecular complexity index is 1250. The minimum Gasteiger partial charge on any atom is -0.410 e. The minimum absolute atomic E-state index is 0.0334. The van der Waals surface area contributed by atoms with Gasteiger partial charge >= 0.3 is 18.2 Å². The fourth-order valence-corrected chi connectivity index (χ4v) is 8.83. The predicted octanol–water partition coefficient (Wildman–Crippen LogP) is 10.6. The fourth-order valence-electron chi connectivity index (χ4n) is 8.67. The number of amides is 1. The SMILES string of the molecule is CC12CCC3c4ccc(OC(=O)N5CCC6(CCOCC6)CC5)cc4CCC3C1CCC2O.CCC(C)(C)C.FC(F)(F)C(F)(F)CCCS. The van der Waals surface area contributed by atoms with Crippen molar-refractivity contribution in [3.63, 3.8) is 0 Å². The topological polar surface area (TPSA) is 59.0 Å². The first kappa shape index (κ1) is 41.2. The molecule has 5 atom stereocenters. The Labute approximate surface area is 301 Å². The molecule has 2 heterocycles. The number of likely N-dealkylation sites (tertiary alicyclic amines) is 1. The molecule has 4 fully saturated rings. The number of hydrogen-bond donors (Lipinski definition) is 2. The lowest BCUT2D eigenvalue weighted by molar-refractivity contribution is -0.284. The average molecular weight is 734 g/mol. The molecule has 2 saturated carbocycles. The van der Waals surface area contributed by atoms with Crippen LogP contribution in [0.2, 0.25) is 0 Å². The van der Waals surface area contributed by atoms with Crippen molar-refractivity contribution in [1.29, 1.82) is 0 Å². The van der Waals surface area contributed by atoms with Crippen molar-refractivity contribution in [1.82, 2.24) is 4.90 Å². The number of carbonyl (C=O) groups is 1. The van der Waals surface area contributed by atoms with Gasteiger partial charge in [0.2, 0.25) is 0 Å². The number of nitrogens with zero attached hydrogens (tertiary/aromatic N) is 1. The van der Waals surface area contributed by atoms with E-state index < -0.39 is 18.5 Å². The van der Waals surface area contributed by atoms with Crippen LogP contribution in [0, 0.1) is 28.1 Å². The first-order valence-electron chi connectivity index (χ1n) is 18.8. The number of aliphatic hydroxyl groups excluding tert-OH is 1. The predicted molar refractivity (Wildman–Crippen MR) is 190 cm³/mol. The van der Waals surface area contributed by atoms with Crippen molar-refractivity contribution in [2.24, 2.45) is 28.1 Å². The van der Waals surface area contributed by atoms with Crippen LogP contribution >= 0.6 is 12.6 Å². The minimum atomic E-state index is -5.42. The summed E-state index contributed by atoms with van der Waals surface area (Å²) in [7, 11) is 0. The van der Waals surface area contributed by atoms with Gasteiger partial charge in [0.15, 0.2) is 0 Å². The van der Waals surface area contributed by atoms with E-state index in [9.17, 15) is 31.9 Å². The molecule has 1 amide bonds. The van der Waals surface area contributed by atoms with E-state index in [-0.39, 0.29) is 29.8 Å². The van der Waals surface area contributed by atoms with Crippen LogP contribution in [-0.4, -0.2) is 66.4 Å². The number of carbonyl (C=O) groups excluding carboxylic acids is 1. The van der Waals surface area contributed by atoms with Gasteiger partial charge in [0.05, 0.1) is 6.10 Å². The standard InChI is InChI=1S/C28H39NO4.C6H14.C5H7F5S/c1-27-9-8-22-21-5-3-20(18-19(21)2-4-23(22)24(27)6-7-25(27)30)33-26(31)29-14-10-28(11-15-29)12-16-32-17-13-28;1-5-6(2,3)4;6-4(7,2-1-3-11)5(8,9)10/h3,5,18,22-25,30H,2,4,6-17H2,1H3;5H2,1-4H3;11H,1-3H2. The molecule has 5 nitrogen and oxygen atoms in total. The lowest BCUT2D eigenvalue weighted by Gasteiger charge is -2.50. The maximum atomic E-state index is 12.9. The van der Waals surface area contributed by atoms with Crippen molar-refractivity contribution in [3.05, 3.63) is 29.3 Å². The number of aliphatic hydroxyl groups is 1. The van der Waals surface area contributed by atoms with Gasteiger partial charge in [-0.2, -0.15) is 34.6 Å². The van der Waals surface area contributed by atoms with E-state index >= 15 is 0 Å². The summed E-state index contributed by atoms with van der Waals surface area (Å²) in [4.78, 5) is 14.8. The first-order valence-corrected chi connectivity index (χ1v) is 19.4. The van der Waals surface area contributed by atoms with E-state index in [1.54, 1.807) is 0 Å². The lowest BCUT2D eigenvalue weighted by atomic mass is 9.55. The van der Waals surface area contributed by atoms with E-state index in [4.69, 9.17) is 9.47 Å². The zero-order valence-corrected chi connectivity index (χ0v) is 31.6. The second kappa shape index (κ2) is 16.6. The van der Waals surface area contributed by atoms with Gasteiger partial charge in [-0.25, -0.2) is 4.79 Å². The molecule has 6 rings (SSSR count). The average Bonchev–Trinajstić information content (AvgIpc) is 3.37. The van der Waals surface area contributed by atoms with Gasteiger partial charge in [-0.1, -0.05) is 47.1 Å². The first-order chi connectivity index (χ1) is 23.3. The van der Waals surface area contributed by atoms with Crippen molar-refractivity contribution in [3.8, 4) is 5.75 Å². The van der Waals surface area contributed by atoms with Crippen molar-refractivity contribution in [2.75, 3.05) is 32.1 Å². The highest BCUT2D eigenvalue weighted by Gasteiger charge is 2.56. The Morgan fingerprint density at radius 3 is 2.22 bits per heavy atom. The maximum Gasteiger partial charge on any atom is 0.453 e. The molecule has 286 valence electrons. The number of alkyl halides is 5. The van der Waals surface area contributed by atoms with Crippen LogP contribution in [0.1, 0.15) is 129 Å². The molecule has 3 aliphatic carbocycles. The summed E-state index contributed by atoms with van der Waals surface area (Å²) in [6.45, 7) is 14.6. The number of hydrogen-bond acceptors (Lipinski definition) is 5. The molecule has 50 heavy (non-hydrogen) atoms. The summed E-state index contributed by atoms with van der Waals surface area (Å²) in [6, 6.07) is 6.38. The van der Waals surface area contributed by atoms with Crippen molar-refractivity contribution in [2.45, 2.75) is 142 Å². The van der Waals surface area contributed by atoms with Crippen LogP contribution in [-0.2, 0) is 11.2 Å².